The molecule has 158 valence electrons. The van der Waals surface area contributed by atoms with E-state index in [1.807, 2.05) is 0 Å². The minimum absolute atomic E-state index is 0.0451. The summed E-state index contributed by atoms with van der Waals surface area (Å²) < 4.78 is 32.4. The SMILES string of the molecule is O=C(c1ccc(Cl)c([N+](=O)[O-])c1)N1CCc2cc(S(=O)(=O)N3CCOCC3)ccc21. The molecule has 1 amide bonds. The Bertz CT molecular complexity index is 1130. The molecule has 30 heavy (non-hydrogen) atoms. The molecule has 0 unspecified atom stereocenters. The monoisotopic (exact) mass is 451 g/mol. The average molecular weight is 452 g/mol. The van der Waals surface area contributed by atoms with Crippen LogP contribution in [-0.4, -0.2) is 56.4 Å². The second kappa shape index (κ2) is 7.95. The number of benzene rings is 2. The lowest BCUT2D eigenvalue weighted by atomic mass is 10.1. The lowest BCUT2D eigenvalue weighted by Gasteiger charge is -2.26. The van der Waals surface area contributed by atoms with Gasteiger partial charge in [-0.15, -0.1) is 0 Å². The number of carbonyl (C=O) groups excluding carboxylic acids is 1. The highest BCUT2D eigenvalue weighted by molar-refractivity contribution is 7.89. The first-order valence-electron chi connectivity index (χ1n) is 9.25. The number of morpholine rings is 1. The fraction of sp³-hybridized carbons (Fsp3) is 0.316. The van der Waals surface area contributed by atoms with Crippen molar-refractivity contribution in [3.05, 3.63) is 62.7 Å². The number of amides is 1. The third-order valence-corrected chi connectivity index (χ3v) is 7.40. The van der Waals surface area contributed by atoms with Gasteiger partial charge in [-0.1, -0.05) is 11.6 Å². The Labute approximate surface area is 178 Å². The van der Waals surface area contributed by atoms with Crippen molar-refractivity contribution in [3.63, 3.8) is 0 Å². The summed E-state index contributed by atoms with van der Waals surface area (Å²) in [6, 6.07) is 8.60. The zero-order chi connectivity index (χ0) is 21.5. The minimum atomic E-state index is -3.63. The number of hydrogen-bond donors (Lipinski definition) is 0. The Morgan fingerprint density at radius 2 is 1.83 bits per heavy atom. The number of sulfonamides is 1. The largest absolute Gasteiger partial charge is 0.379 e. The molecule has 1 fully saturated rings. The van der Waals surface area contributed by atoms with Crippen LogP contribution in [0.1, 0.15) is 15.9 Å². The topological polar surface area (TPSA) is 110 Å². The van der Waals surface area contributed by atoms with Crippen LogP contribution in [0.2, 0.25) is 5.02 Å². The van der Waals surface area contributed by atoms with E-state index in [0.29, 0.717) is 45.0 Å². The van der Waals surface area contributed by atoms with Crippen molar-refractivity contribution in [1.82, 2.24) is 4.31 Å². The van der Waals surface area contributed by atoms with Crippen LogP contribution in [0.3, 0.4) is 0 Å². The maximum atomic E-state index is 12.9. The number of ether oxygens (including phenoxy) is 1. The average Bonchev–Trinajstić information content (AvgIpc) is 3.17. The van der Waals surface area contributed by atoms with Crippen LogP contribution < -0.4 is 4.90 Å². The number of nitro benzene ring substituents is 1. The van der Waals surface area contributed by atoms with Crippen LogP contribution in [0.4, 0.5) is 11.4 Å². The van der Waals surface area contributed by atoms with E-state index in [4.69, 9.17) is 16.3 Å². The van der Waals surface area contributed by atoms with Gasteiger partial charge >= 0.3 is 0 Å². The zero-order valence-corrected chi connectivity index (χ0v) is 17.4. The fourth-order valence-electron chi connectivity index (χ4n) is 3.63. The van der Waals surface area contributed by atoms with Gasteiger partial charge in [0, 0.05) is 37.0 Å². The molecule has 2 heterocycles. The second-order valence-electron chi connectivity index (χ2n) is 6.94. The summed E-state index contributed by atoms with van der Waals surface area (Å²) >= 11 is 5.83. The van der Waals surface area contributed by atoms with E-state index in [-0.39, 0.29) is 21.2 Å². The molecule has 1 saturated heterocycles. The summed E-state index contributed by atoms with van der Waals surface area (Å²) in [7, 11) is -3.63. The molecule has 0 spiro atoms. The van der Waals surface area contributed by atoms with Gasteiger partial charge in [0.1, 0.15) is 5.02 Å². The second-order valence-corrected chi connectivity index (χ2v) is 9.28. The first-order valence-corrected chi connectivity index (χ1v) is 11.1. The Balaban J connectivity index is 1.62. The maximum Gasteiger partial charge on any atom is 0.288 e. The van der Waals surface area contributed by atoms with Crippen molar-refractivity contribution in [2.24, 2.45) is 0 Å². The summed E-state index contributed by atoms with van der Waals surface area (Å²) in [6.07, 6.45) is 0.489. The van der Waals surface area contributed by atoms with Gasteiger partial charge in [0.15, 0.2) is 0 Å². The van der Waals surface area contributed by atoms with Crippen LogP contribution in [-0.2, 0) is 21.2 Å². The number of carbonyl (C=O) groups is 1. The van der Waals surface area contributed by atoms with Gasteiger partial charge in [0.25, 0.3) is 11.6 Å². The highest BCUT2D eigenvalue weighted by Gasteiger charge is 2.31. The summed E-state index contributed by atoms with van der Waals surface area (Å²) in [5.74, 6) is -0.405. The van der Waals surface area contributed by atoms with Gasteiger partial charge in [0.05, 0.1) is 23.0 Å². The van der Waals surface area contributed by atoms with Crippen LogP contribution >= 0.6 is 11.6 Å². The molecule has 0 aliphatic carbocycles. The smallest absolute Gasteiger partial charge is 0.288 e. The van der Waals surface area contributed by atoms with Crippen molar-refractivity contribution >= 4 is 38.9 Å². The van der Waals surface area contributed by atoms with Crippen molar-refractivity contribution in [2.75, 3.05) is 37.7 Å². The van der Waals surface area contributed by atoms with Gasteiger partial charge in [-0.25, -0.2) is 8.42 Å². The fourth-order valence-corrected chi connectivity index (χ4v) is 5.27. The van der Waals surface area contributed by atoms with Crippen LogP contribution in [0, 0.1) is 10.1 Å². The van der Waals surface area contributed by atoms with Crippen LogP contribution in [0.15, 0.2) is 41.3 Å². The summed E-state index contributed by atoms with van der Waals surface area (Å²) in [5.41, 5.74) is 1.14. The van der Waals surface area contributed by atoms with E-state index in [9.17, 15) is 23.3 Å². The molecule has 2 aromatic carbocycles. The normalized spacial score (nSPS) is 17.0. The summed E-state index contributed by atoms with van der Waals surface area (Å²) in [4.78, 5) is 25.1. The molecule has 2 aromatic rings. The van der Waals surface area contributed by atoms with Crippen LogP contribution in [0.25, 0.3) is 0 Å². The lowest BCUT2D eigenvalue weighted by molar-refractivity contribution is -0.384. The minimum Gasteiger partial charge on any atom is -0.379 e. The van der Waals surface area contributed by atoms with E-state index < -0.39 is 20.9 Å². The molecule has 2 aliphatic rings. The first-order chi connectivity index (χ1) is 14.3. The third-order valence-electron chi connectivity index (χ3n) is 5.19. The molecule has 11 heteroatoms. The number of hydrogen-bond acceptors (Lipinski definition) is 6. The molecule has 0 radical (unpaired) electrons. The van der Waals surface area contributed by atoms with Gasteiger partial charge in [-0.2, -0.15) is 4.31 Å². The van der Waals surface area contributed by atoms with Gasteiger partial charge in [-0.05, 0) is 42.3 Å². The van der Waals surface area contributed by atoms with Gasteiger partial charge < -0.3 is 9.64 Å². The third kappa shape index (κ3) is 3.67. The van der Waals surface area contributed by atoms with E-state index >= 15 is 0 Å². The molecule has 9 nitrogen and oxygen atoms in total. The standard InChI is InChI=1S/C19H18ClN3O6S/c20-16-3-1-14(12-18(16)23(25)26)19(24)22-6-5-13-11-15(2-4-17(13)22)30(27,28)21-7-9-29-10-8-21/h1-4,11-12H,5-10H2. The Morgan fingerprint density at radius 3 is 2.53 bits per heavy atom. The van der Waals surface area contributed by atoms with E-state index in [1.165, 1.54) is 27.4 Å². The Morgan fingerprint density at radius 1 is 1.10 bits per heavy atom. The van der Waals surface area contributed by atoms with E-state index in [1.54, 1.807) is 12.1 Å². The highest BCUT2D eigenvalue weighted by Crippen LogP contribution is 2.33. The molecule has 2 aliphatic heterocycles. The molecule has 4 rings (SSSR count). The highest BCUT2D eigenvalue weighted by atomic mass is 35.5. The molecular formula is C19H18ClN3O6S. The molecule has 0 atom stereocenters. The van der Waals surface area contributed by atoms with Gasteiger partial charge in [-0.3, -0.25) is 14.9 Å². The number of nitro groups is 1. The molecular weight excluding hydrogens is 434 g/mol. The van der Waals surface area contributed by atoms with Crippen molar-refractivity contribution in [3.8, 4) is 0 Å². The number of nitrogens with zero attached hydrogens (tertiary/aromatic N) is 3. The predicted molar refractivity (Wildman–Crippen MR) is 110 cm³/mol. The zero-order valence-electron chi connectivity index (χ0n) is 15.8. The molecule has 0 N–H and O–H groups in total. The predicted octanol–water partition coefficient (Wildman–Crippen LogP) is 2.47. The summed E-state index contributed by atoms with van der Waals surface area (Å²) in [6.45, 7) is 1.68. The van der Waals surface area contributed by atoms with Gasteiger partial charge in [0.2, 0.25) is 10.0 Å². The number of fused-ring (bicyclic) bond motifs is 1. The summed E-state index contributed by atoms with van der Waals surface area (Å²) in [5, 5.41) is 11.1. The Hall–Kier alpha value is -2.53. The van der Waals surface area contributed by atoms with Crippen LogP contribution in [0.5, 0.6) is 0 Å². The molecule has 0 bridgehead atoms. The number of rotatable bonds is 4. The van der Waals surface area contributed by atoms with E-state index in [2.05, 4.69) is 0 Å². The lowest BCUT2D eigenvalue weighted by Crippen LogP contribution is -2.40. The Kier molecular flexibility index (Phi) is 5.49. The van der Waals surface area contributed by atoms with Crippen molar-refractivity contribution < 1.29 is 22.9 Å². The molecule has 0 aromatic heterocycles. The number of halogens is 1. The van der Waals surface area contributed by atoms with Crippen molar-refractivity contribution in [1.29, 1.82) is 0 Å². The maximum absolute atomic E-state index is 12.9. The number of anilines is 1. The van der Waals surface area contributed by atoms with Crippen molar-refractivity contribution in [2.45, 2.75) is 11.3 Å². The molecule has 0 saturated carbocycles. The van der Waals surface area contributed by atoms with E-state index in [0.717, 1.165) is 11.6 Å². The quantitative estimate of drug-likeness (QED) is 0.521. The first kappa shape index (κ1) is 20.7.